The van der Waals surface area contributed by atoms with Gasteiger partial charge in [0.25, 0.3) is 0 Å². The molecular weight excluding hydrogens is 305 g/mol. The molecule has 3 rings (SSSR count). The molecule has 5 nitrogen and oxygen atoms in total. The number of carbonyl (C=O) groups is 1. The summed E-state index contributed by atoms with van der Waals surface area (Å²) in [5, 5.41) is 1.08. The summed E-state index contributed by atoms with van der Waals surface area (Å²) in [5.74, 6) is -0.209. The van der Waals surface area contributed by atoms with Crippen molar-refractivity contribution in [3.63, 3.8) is 0 Å². The number of fused-ring (bicyclic) bond motifs is 1. The standard InChI is InChI=1S/C18H24BNO4/c1-17(2)18(3,4)24-19(23-17)14-7-6-8-15-13(14)9-11-20(15)12-10-16(21)22-5/h6-9,11H,10,12H2,1-5H3. The predicted octanol–water partition coefficient (Wildman–Crippen LogP) is 2.50. The first-order chi connectivity index (χ1) is 11.2. The lowest BCUT2D eigenvalue weighted by Gasteiger charge is -2.32. The summed E-state index contributed by atoms with van der Waals surface area (Å²) in [6.45, 7) is 8.79. The van der Waals surface area contributed by atoms with Crippen molar-refractivity contribution in [2.45, 2.75) is 51.9 Å². The maximum Gasteiger partial charge on any atom is 0.495 e. The lowest BCUT2D eigenvalue weighted by molar-refractivity contribution is -0.140. The van der Waals surface area contributed by atoms with E-state index in [0.29, 0.717) is 13.0 Å². The zero-order valence-electron chi connectivity index (χ0n) is 15.0. The molecule has 0 atom stereocenters. The minimum Gasteiger partial charge on any atom is -0.469 e. The minimum atomic E-state index is -0.393. The Morgan fingerprint density at radius 3 is 2.46 bits per heavy atom. The molecule has 1 aliphatic heterocycles. The van der Waals surface area contributed by atoms with Crippen LogP contribution in [0.1, 0.15) is 34.1 Å². The Hall–Kier alpha value is -1.79. The van der Waals surface area contributed by atoms with Crippen LogP contribution < -0.4 is 5.46 Å². The van der Waals surface area contributed by atoms with E-state index in [1.165, 1.54) is 7.11 Å². The van der Waals surface area contributed by atoms with Crippen LogP contribution in [-0.4, -0.2) is 36.0 Å². The number of aryl methyl sites for hydroxylation is 1. The summed E-state index contributed by atoms with van der Waals surface area (Å²) in [7, 11) is 1.02. The van der Waals surface area contributed by atoms with Gasteiger partial charge in [0.15, 0.2) is 0 Å². The van der Waals surface area contributed by atoms with Gasteiger partial charge in [-0.15, -0.1) is 0 Å². The van der Waals surface area contributed by atoms with Crippen LogP contribution in [0.5, 0.6) is 0 Å². The summed E-state index contributed by atoms with van der Waals surface area (Å²) < 4.78 is 19.1. The molecule has 2 heterocycles. The molecule has 0 amide bonds. The molecule has 1 saturated heterocycles. The van der Waals surface area contributed by atoms with Crippen molar-refractivity contribution in [1.29, 1.82) is 0 Å². The first-order valence-electron chi connectivity index (χ1n) is 8.25. The minimum absolute atomic E-state index is 0.209. The van der Waals surface area contributed by atoms with E-state index in [9.17, 15) is 4.79 Å². The molecule has 0 bridgehead atoms. The lowest BCUT2D eigenvalue weighted by Crippen LogP contribution is -2.41. The van der Waals surface area contributed by atoms with E-state index in [1.807, 2.05) is 30.5 Å². The van der Waals surface area contributed by atoms with Gasteiger partial charge in [-0.25, -0.2) is 0 Å². The van der Waals surface area contributed by atoms with Crippen molar-refractivity contribution < 1.29 is 18.8 Å². The fourth-order valence-corrected chi connectivity index (χ4v) is 2.93. The average molecular weight is 329 g/mol. The molecule has 0 aliphatic carbocycles. The van der Waals surface area contributed by atoms with Gasteiger partial charge in [-0.3, -0.25) is 4.79 Å². The first kappa shape index (κ1) is 17.1. The Kier molecular flexibility index (Phi) is 4.22. The number of ether oxygens (including phenoxy) is 1. The quantitative estimate of drug-likeness (QED) is 0.639. The van der Waals surface area contributed by atoms with Gasteiger partial charge in [-0.05, 0) is 50.7 Å². The normalized spacial score (nSPS) is 19.0. The second-order valence-electron chi connectivity index (χ2n) is 7.20. The second-order valence-corrected chi connectivity index (χ2v) is 7.20. The van der Waals surface area contributed by atoms with Crippen LogP contribution in [0.4, 0.5) is 0 Å². The van der Waals surface area contributed by atoms with Crippen molar-refractivity contribution in [3.05, 3.63) is 30.5 Å². The van der Waals surface area contributed by atoms with Crippen LogP contribution in [0.15, 0.2) is 30.5 Å². The van der Waals surface area contributed by atoms with Gasteiger partial charge in [0.1, 0.15) is 0 Å². The van der Waals surface area contributed by atoms with Gasteiger partial charge in [0.05, 0.1) is 24.7 Å². The predicted molar refractivity (Wildman–Crippen MR) is 94.3 cm³/mol. The number of esters is 1. The van der Waals surface area contributed by atoms with Gasteiger partial charge in [-0.1, -0.05) is 12.1 Å². The van der Waals surface area contributed by atoms with Crippen LogP contribution in [0.2, 0.25) is 0 Å². The summed E-state index contributed by atoms with van der Waals surface area (Å²) in [6, 6.07) is 8.13. The Balaban J connectivity index is 1.91. The number of carbonyl (C=O) groups excluding carboxylic acids is 1. The Morgan fingerprint density at radius 2 is 1.83 bits per heavy atom. The highest BCUT2D eigenvalue weighted by atomic mass is 16.7. The summed E-state index contributed by atoms with van der Waals surface area (Å²) in [5.41, 5.74) is 1.34. The van der Waals surface area contributed by atoms with Crippen LogP contribution >= 0.6 is 0 Å². The third-order valence-corrected chi connectivity index (χ3v) is 5.14. The van der Waals surface area contributed by atoms with Crippen molar-refractivity contribution in [3.8, 4) is 0 Å². The van der Waals surface area contributed by atoms with Crippen molar-refractivity contribution >= 4 is 29.5 Å². The zero-order chi connectivity index (χ0) is 17.5. The molecule has 1 aromatic carbocycles. The molecular formula is C18H24BNO4. The molecule has 0 saturated carbocycles. The van der Waals surface area contributed by atoms with Crippen molar-refractivity contribution in [1.82, 2.24) is 4.57 Å². The van der Waals surface area contributed by atoms with Crippen LogP contribution in [0, 0.1) is 0 Å². The number of methoxy groups -OCH3 is 1. The molecule has 0 N–H and O–H groups in total. The first-order valence-corrected chi connectivity index (χ1v) is 8.25. The molecule has 0 unspecified atom stereocenters. The zero-order valence-corrected chi connectivity index (χ0v) is 15.0. The van der Waals surface area contributed by atoms with Crippen molar-refractivity contribution in [2.75, 3.05) is 7.11 Å². The monoisotopic (exact) mass is 329 g/mol. The molecule has 2 aromatic rings. The smallest absolute Gasteiger partial charge is 0.469 e. The third kappa shape index (κ3) is 2.85. The highest BCUT2D eigenvalue weighted by Gasteiger charge is 2.52. The number of rotatable bonds is 4. The van der Waals surface area contributed by atoms with E-state index in [2.05, 4.69) is 32.3 Å². The molecule has 1 fully saturated rings. The van der Waals surface area contributed by atoms with E-state index in [-0.39, 0.29) is 17.2 Å². The Morgan fingerprint density at radius 1 is 1.17 bits per heavy atom. The van der Waals surface area contributed by atoms with Gasteiger partial charge in [0.2, 0.25) is 0 Å². The van der Waals surface area contributed by atoms with Gasteiger partial charge < -0.3 is 18.6 Å². The Labute approximate surface area is 143 Å². The lowest BCUT2D eigenvalue weighted by atomic mass is 9.77. The van der Waals surface area contributed by atoms with Crippen molar-refractivity contribution in [2.24, 2.45) is 0 Å². The van der Waals surface area contributed by atoms with E-state index in [1.54, 1.807) is 0 Å². The fourth-order valence-electron chi connectivity index (χ4n) is 2.93. The number of hydrogen-bond donors (Lipinski definition) is 0. The van der Waals surface area contributed by atoms with Gasteiger partial charge in [0, 0.05) is 18.3 Å². The number of benzene rings is 1. The summed E-state index contributed by atoms with van der Waals surface area (Å²) in [4.78, 5) is 11.4. The summed E-state index contributed by atoms with van der Waals surface area (Å²) in [6.07, 6.45) is 2.34. The third-order valence-electron chi connectivity index (χ3n) is 5.14. The maximum absolute atomic E-state index is 11.4. The molecule has 6 heteroatoms. The Bertz CT molecular complexity index is 749. The van der Waals surface area contributed by atoms with E-state index >= 15 is 0 Å². The van der Waals surface area contributed by atoms with Crippen LogP contribution in [0.25, 0.3) is 10.9 Å². The molecule has 0 spiro atoms. The molecule has 1 aromatic heterocycles. The SMILES string of the molecule is COC(=O)CCn1ccc2c(B3OC(C)(C)C(C)(C)O3)cccc21. The van der Waals surface area contributed by atoms with Gasteiger partial charge in [-0.2, -0.15) is 0 Å². The summed E-state index contributed by atoms with van der Waals surface area (Å²) >= 11 is 0. The van der Waals surface area contributed by atoms with Crippen LogP contribution in [-0.2, 0) is 25.4 Å². The van der Waals surface area contributed by atoms with E-state index in [0.717, 1.165) is 16.4 Å². The average Bonchev–Trinajstić information content (AvgIpc) is 3.03. The highest BCUT2D eigenvalue weighted by molar-refractivity contribution is 6.65. The fraction of sp³-hybridized carbons (Fsp3) is 0.500. The van der Waals surface area contributed by atoms with E-state index < -0.39 is 7.12 Å². The second kappa shape index (κ2) is 5.94. The van der Waals surface area contributed by atoms with E-state index in [4.69, 9.17) is 14.0 Å². The van der Waals surface area contributed by atoms with Crippen LogP contribution in [0.3, 0.4) is 0 Å². The highest BCUT2D eigenvalue weighted by Crippen LogP contribution is 2.37. The largest absolute Gasteiger partial charge is 0.495 e. The molecule has 128 valence electrons. The number of nitrogens with zero attached hydrogens (tertiary/aromatic N) is 1. The number of aromatic nitrogens is 1. The van der Waals surface area contributed by atoms with Gasteiger partial charge >= 0.3 is 13.1 Å². The topological polar surface area (TPSA) is 49.7 Å². The number of hydrogen-bond acceptors (Lipinski definition) is 4. The molecule has 1 aliphatic rings. The maximum atomic E-state index is 11.4. The molecule has 24 heavy (non-hydrogen) atoms. The molecule has 0 radical (unpaired) electrons.